The van der Waals surface area contributed by atoms with E-state index in [1.807, 2.05) is 0 Å². The quantitative estimate of drug-likeness (QED) is 0.327. The number of carbonyl (C=O) groups excluding carboxylic acids is 3. The monoisotopic (exact) mass is 511 g/mol. The number of amides is 3. The van der Waals surface area contributed by atoms with Gasteiger partial charge in [0.1, 0.15) is 0 Å². The van der Waals surface area contributed by atoms with E-state index in [2.05, 4.69) is 15.4 Å². The molecule has 3 aromatic carbocycles. The van der Waals surface area contributed by atoms with Gasteiger partial charge in [0.25, 0.3) is 15.9 Å². The zero-order chi connectivity index (χ0) is 25.0. The van der Waals surface area contributed by atoms with Crippen molar-refractivity contribution in [2.75, 3.05) is 10.0 Å². The molecule has 0 bridgehead atoms. The summed E-state index contributed by atoms with van der Waals surface area (Å²) in [6.45, 7) is 0. The fourth-order valence-corrected chi connectivity index (χ4v) is 5.01. The van der Waals surface area contributed by atoms with Crippen LogP contribution in [0.25, 0.3) is 0 Å². The number of nitrogens with one attached hydrogen (secondary N) is 3. The molecule has 1 heterocycles. The lowest BCUT2D eigenvalue weighted by Crippen LogP contribution is -2.39. The number of piperidine rings is 1. The van der Waals surface area contributed by atoms with Crippen LogP contribution in [0.3, 0.4) is 0 Å². The Morgan fingerprint density at radius 1 is 0.971 bits per heavy atom. The summed E-state index contributed by atoms with van der Waals surface area (Å²) in [5.41, 5.74) is 2.49. The van der Waals surface area contributed by atoms with Gasteiger partial charge in [-0.2, -0.15) is 0 Å². The molecule has 4 rings (SSSR count). The zero-order valence-electron chi connectivity index (χ0n) is 18.5. The molecular weight excluding hydrogens is 490 g/mol. The summed E-state index contributed by atoms with van der Waals surface area (Å²) in [4.78, 5) is 36.1. The van der Waals surface area contributed by atoms with Crippen molar-refractivity contribution in [2.24, 2.45) is 0 Å². The Balaban J connectivity index is 1.49. The summed E-state index contributed by atoms with van der Waals surface area (Å²) in [7, 11) is -3.99. The average Bonchev–Trinajstić information content (AvgIpc) is 2.84. The molecule has 0 radical (unpaired) electrons. The summed E-state index contributed by atoms with van der Waals surface area (Å²) in [5, 5.41) is 5.00. The van der Waals surface area contributed by atoms with Crippen molar-refractivity contribution in [1.29, 1.82) is 0 Å². The minimum Gasteiger partial charge on any atom is -0.322 e. The molecule has 1 fully saturated rings. The molecule has 3 amide bonds. The Kier molecular flexibility index (Phi) is 7.18. The molecule has 1 atom stereocenters. The van der Waals surface area contributed by atoms with Gasteiger partial charge in [0.15, 0.2) is 0 Å². The number of hydrogen-bond donors (Lipinski definition) is 3. The minimum atomic E-state index is -3.99. The molecule has 8 nitrogen and oxygen atoms in total. The first-order valence-electron chi connectivity index (χ1n) is 10.8. The highest BCUT2D eigenvalue weighted by molar-refractivity contribution is 7.92. The Labute approximate surface area is 207 Å². The van der Waals surface area contributed by atoms with E-state index in [0.29, 0.717) is 29.1 Å². The van der Waals surface area contributed by atoms with Crippen molar-refractivity contribution >= 4 is 50.7 Å². The van der Waals surface area contributed by atoms with Crippen molar-refractivity contribution in [1.82, 2.24) is 5.32 Å². The third kappa shape index (κ3) is 5.87. The predicted molar refractivity (Wildman–Crippen MR) is 133 cm³/mol. The van der Waals surface area contributed by atoms with Crippen LogP contribution in [0.15, 0.2) is 77.7 Å². The van der Waals surface area contributed by atoms with Crippen molar-refractivity contribution in [2.45, 2.75) is 29.5 Å². The SMILES string of the molecule is O=C1CCC(c2cccc(NS(=O)(=O)c3cccc(NC(=O)c4ccc(CCl)cc4)c3)c2)C(=O)N1. The van der Waals surface area contributed by atoms with E-state index < -0.39 is 21.8 Å². The fraction of sp³-hybridized carbons (Fsp3) is 0.160. The predicted octanol–water partition coefficient (Wildman–Crippen LogP) is 4.00. The van der Waals surface area contributed by atoms with Crippen LogP contribution in [-0.4, -0.2) is 26.1 Å². The number of halogens is 1. The number of imide groups is 1. The van der Waals surface area contributed by atoms with Crippen LogP contribution in [0.4, 0.5) is 11.4 Å². The van der Waals surface area contributed by atoms with E-state index in [1.54, 1.807) is 54.6 Å². The smallest absolute Gasteiger partial charge is 0.261 e. The van der Waals surface area contributed by atoms with Gasteiger partial charge in [-0.1, -0.05) is 30.3 Å². The van der Waals surface area contributed by atoms with Crippen LogP contribution in [0.5, 0.6) is 0 Å². The van der Waals surface area contributed by atoms with Crippen LogP contribution in [0.1, 0.15) is 40.2 Å². The summed E-state index contributed by atoms with van der Waals surface area (Å²) in [5.74, 6) is -1.30. The Hall–Kier alpha value is -3.69. The molecule has 0 saturated carbocycles. The van der Waals surface area contributed by atoms with E-state index in [1.165, 1.54) is 18.2 Å². The van der Waals surface area contributed by atoms with Crippen LogP contribution >= 0.6 is 11.6 Å². The van der Waals surface area contributed by atoms with Gasteiger partial charge in [-0.25, -0.2) is 8.42 Å². The van der Waals surface area contributed by atoms with Crippen molar-refractivity contribution in [3.63, 3.8) is 0 Å². The highest BCUT2D eigenvalue weighted by Crippen LogP contribution is 2.28. The molecule has 3 aromatic rings. The molecule has 0 aliphatic carbocycles. The van der Waals surface area contributed by atoms with Crippen molar-refractivity contribution < 1.29 is 22.8 Å². The maximum atomic E-state index is 13.0. The van der Waals surface area contributed by atoms with Gasteiger partial charge in [-0.15, -0.1) is 11.6 Å². The second kappa shape index (κ2) is 10.3. The average molecular weight is 512 g/mol. The van der Waals surface area contributed by atoms with E-state index in [9.17, 15) is 22.8 Å². The number of benzene rings is 3. The van der Waals surface area contributed by atoms with Gasteiger partial charge >= 0.3 is 0 Å². The van der Waals surface area contributed by atoms with Gasteiger partial charge in [-0.05, 0) is 60.0 Å². The van der Waals surface area contributed by atoms with E-state index in [0.717, 1.165) is 5.56 Å². The number of anilines is 2. The van der Waals surface area contributed by atoms with Gasteiger partial charge in [-0.3, -0.25) is 24.4 Å². The topological polar surface area (TPSA) is 121 Å². The molecule has 1 aliphatic heterocycles. The van der Waals surface area contributed by atoms with Crippen LogP contribution in [0, 0.1) is 0 Å². The summed E-state index contributed by atoms with van der Waals surface area (Å²) in [6.07, 6.45) is 0.582. The van der Waals surface area contributed by atoms with Gasteiger partial charge in [0.2, 0.25) is 11.8 Å². The van der Waals surface area contributed by atoms with Crippen LogP contribution in [-0.2, 0) is 25.5 Å². The Bertz CT molecular complexity index is 1390. The fourth-order valence-electron chi connectivity index (χ4n) is 3.73. The van der Waals surface area contributed by atoms with Gasteiger partial charge in [0.05, 0.1) is 10.8 Å². The molecular formula is C25H22ClN3O5S. The molecule has 0 spiro atoms. The molecule has 1 saturated heterocycles. The maximum Gasteiger partial charge on any atom is 0.261 e. The lowest BCUT2D eigenvalue weighted by molar-refractivity contribution is -0.134. The summed E-state index contributed by atoms with van der Waals surface area (Å²) < 4.78 is 28.5. The van der Waals surface area contributed by atoms with Crippen molar-refractivity contribution in [3.05, 3.63) is 89.5 Å². The molecule has 10 heteroatoms. The Morgan fingerprint density at radius 2 is 1.69 bits per heavy atom. The number of carbonyl (C=O) groups is 3. The van der Waals surface area contributed by atoms with E-state index in [-0.39, 0.29) is 28.8 Å². The lowest BCUT2D eigenvalue weighted by atomic mass is 9.90. The third-order valence-electron chi connectivity index (χ3n) is 5.55. The summed E-state index contributed by atoms with van der Waals surface area (Å²) in [6, 6.07) is 19.2. The molecule has 1 unspecified atom stereocenters. The zero-order valence-corrected chi connectivity index (χ0v) is 20.0. The summed E-state index contributed by atoms with van der Waals surface area (Å²) >= 11 is 5.77. The number of sulfonamides is 1. The first kappa shape index (κ1) is 24.4. The minimum absolute atomic E-state index is 0.0424. The molecule has 3 N–H and O–H groups in total. The standard InChI is InChI=1S/C25H22ClN3O5S/c26-15-16-7-9-17(10-8-16)24(31)27-19-4-2-6-21(14-19)35(33,34)29-20-5-1-3-18(13-20)22-11-12-23(30)28-25(22)32/h1-10,13-14,22,29H,11-12,15H2,(H,27,31)(H,28,30,32). The first-order chi connectivity index (χ1) is 16.7. The van der Waals surface area contributed by atoms with Gasteiger partial charge < -0.3 is 5.32 Å². The molecule has 180 valence electrons. The third-order valence-corrected chi connectivity index (χ3v) is 7.24. The molecule has 0 aromatic heterocycles. The van der Waals surface area contributed by atoms with Gasteiger partial charge in [0, 0.05) is 29.2 Å². The van der Waals surface area contributed by atoms with E-state index >= 15 is 0 Å². The normalized spacial score (nSPS) is 15.9. The largest absolute Gasteiger partial charge is 0.322 e. The van der Waals surface area contributed by atoms with Crippen molar-refractivity contribution in [3.8, 4) is 0 Å². The number of rotatable bonds is 7. The lowest BCUT2D eigenvalue weighted by Gasteiger charge is -2.21. The molecule has 35 heavy (non-hydrogen) atoms. The van der Waals surface area contributed by atoms with Crippen LogP contribution < -0.4 is 15.4 Å². The second-order valence-corrected chi connectivity index (χ2v) is 10.00. The molecule has 1 aliphatic rings. The number of alkyl halides is 1. The maximum absolute atomic E-state index is 13.0. The highest BCUT2D eigenvalue weighted by Gasteiger charge is 2.28. The second-order valence-electron chi connectivity index (χ2n) is 8.05. The first-order valence-corrected chi connectivity index (χ1v) is 12.8. The van der Waals surface area contributed by atoms with E-state index in [4.69, 9.17) is 11.6 Å². The number of hydrogen-bond acceptors (Lipinski definition) is 5. The highest BCUT2D eigenvalue weighted by atomic mass is 35.5. The van der Waals surface area contributed by atoms with Crippen LogP contribution in [0.2, 0.25) is 0 Å². The Morgan fingerprint density at radius 3 is 2.40 bits per heavy atom.